The molecule has 8 nitrogen and oxygen atoms in total. The molecule has 0 radical (unpaired) electrons. The van der Waals surface area contributed by atoms with Crippen molar-refractivity contribution in [3.63, 3.8) is 0 Å². The molecule has 2 amide bonds. The van der Waals surface area contributed by atoms with Gasteiger partial charge in [-0.05, 0) is 55.0 Å². The second-order valence-electron chi connectivity index (χ2n) is 6.99. The lowest BCUT2D eigenvalue weighted by Gasteiger charge is -2.14. The Morgan fingerprint density at radius 3 is 2.55 bits per heavy atom. The van der Waals surface area contributed by atoms with Crippen LogP contribution in [-0.4, -0.2) is 32.1 Å². The van der Waals surface area contributed by atoms with Crippen LogP contribution < -0.4 is 16.4 Å². The Labute approximate surface area is 191 Å². The Morgan fingerprint density at radius 1 is 1.03 bits per heavy atom. The van der Waals surface area contributed by atoms with E-state index in [-0.39, 0.29) is 16.9 Å². The van der Waals surface area contributed by atoms with E-state index in [9.17, 15) is 18.8 Å². The number of carbonyl (C=O) groups excluding carboxylic acids is 2. The molecule has 0 saturated carbocycles. The number of para-hydroxylation sites is 1. The van der Waals surface area contributed by atoms with Crippen LogP contribution in [0, 0.1) is 12.7 Å². The Morgan fingerprint density at radius 2 is 1.79 bits per heavy atom. The molecule has 0 aliphatic carbocycles. The molecule has 0 unspecified atom stereocenters. The SMILES string of the molecule is Cc1cccnc1-n1c(SCC(=O)NNC(=O)c2ccc(F)cc2)nc2ccccc2c1=O. The predicted molar refractivity (Wildman–Crippen MR) is 123 cm³/mol. The van der Waals surface area contributed by atoms with E-state index in [1.807, 2.05) is 13.0 Å². The molecule has 2 N–H and O–H groups in total. The third-order valence-corrected chi connectivity index (χ3v) is 5.63. The fraction of sp³-hybridized carbons (Fsp3) is 0.0870. The molecule has 0 fully saturated rings. The largest absolute Gasteiger partial charge is 0.272 e. The summed E-state index contributed by atoms with van der Waals surface area (Å²) >= 11 is 1.04. The summed E-state index contributed by atoms with van der Waals surface area (Å²) in [6, 6.07) is 15.4. The maximum Gasteiger partial charge on any atom is 0.269 e. The lowest BCUT2D eigenvalue weighted by atomic mass is 10.2. The number of benzene rings is 2. The van der Waals surface area contributed by atoms with E-state index < -0.39 is 17.6 Å². The molecule has 4 rings (SSSR count). The normalized spacial score (nSPS) is 10.7. The van der Waals surface area contributed by atoms with Gasteiger partial charge in [0.25, 0.3) is 11.5 Å². The highest BCUT2D eigenvalue weighted by molar-refractivity contribution is 7.99. The van der Waals surface area contributed by atoms with Gasteiger partial charge in [-0.1, -0.05) is 30.0 Å². The number of hydrazine groups is 1. The van der Waals surface area contributed by atoms with Gasteiger partial charge in [0, 0.05) is 11.8 Å². The van der Waals surface area contributed by atoms with Gasteiger partial charge in [-0.15, -0.1) is 0 Å². The average Bonchev–Trinajstić information content (AvgIpc) is 2.82. The number of carbonyl (C=O) groups is 2. The first-order chi connectivity index (χ1) is 15.9. The van der Waals surface area contributed by atoms with E-state index in [1.54, 1.807) is 36.5 Å². The van der Waals surface area contributed by atoms with Gasteiger partial charge in [-0.2, -0.15) is 0 Å². The second-order valence-corrected chi connectivity index (χ2v) is 7.94. The molecule has 0 aliphatic heterocycles. The Bertz CT molecular complexity index is 1410. The number of pyridine rings is 1. The van der Waals surface area contributed by atoms with Crippen LogP contribution in [0.3, 0.4) is 0 Å². The molecule has 10 heteroatoms. The molecular formula is C23H18FN5O3S. The number of halogens is 1. The topological polar surface area (TPSA) is 106 Å². The number of amides is 2. The summed E-state index contributed by atoms with van der Waals surface area (Å²) in [7, 11) is 0. The Balaban J connectivity index is 1.54. The molecule has 0 aliphatic rings. The monoisotopic (exact) mass is 463 g/mol. The molecule has 2 heterocycles. The number of aryl methyl sites for hydroxylation is 1. The zero-order chi connectivity index (χ0) is 23.4. The maximum absolute atomic E-state index is 13.2. The van der Waals surface area contributed by atoms with Gasteiger partial charge in [0.2, 0.25) is 5.91 Å². The van der Waals surface area contributed by atoms with Crippen molar-refractivity contribution in [2.45, 2.75) is 12.1 Å². The number of hydrogen-bond donors (Lipinski definition) is 2. The highest BCUT2D eigenvalue weighted by atomic mass is 32.2. The van der Waals surface area contributed by atoms with Crippen molar-refractivity contribution in [1.82, 2.24) is 25.4 Å². The molecule has 0 spiro atoms. The number of rotatable bonds is 5. The first kappa shape index (κ1) is 22.2. The molecule has 0 atom stereocenters. The van der Waals surface area contributed by atoms with Crippen LogP contribution in [0.5, 0.6) is 0 Å². The summed E-state index contributed by atoms with van der Waals surface area (Å²) in [5.41, 5.74) is 5.75. The van der Waals surface area contributed by atoms with Crippen molar-refractivity contribution >= 4 is 34.5 Å². The molecule has 33 heavy (non-hydrogen) atoms. The highest BCUT2D eigenvalue weighted by Crippen LogP contribution is 2.21. The first-order valence-electron chi connectivity index (χ1n) is 9.85. The average molecular weight is 463 g/mol. The van der Waals surface area contributed by atoms with Crippen LogP contribution in [-0.2, 0) is 4.79 Å². The van der Waals surface area contributed by atoms with Crippen LogP contribution in [0.2, 0.25) is 0 Å². The Hall–Kier alpha value is -4.05. The van der Waals surface area contributed by atoms with Crippen molar-refractivity contribution in [2.24, 2.45) is 0 Å². The Kier molecular flexibility index (Phi) is 6.45. The summed E-state index contributed by atoms with van der Waals surface area (Å²) in [4.78, 5) is 46.5. The third kappa shape index (κ3) is 4.90. The summed E-state index contributed by atoms with van der Waals surface area (Å²) < 4.78 is 14.4. The van der Waals surface area contributed by atoms with E-state index >= 15 is 0 Å². The summed E-state index contributed by atoms with van der Waals surface area (Å²) in [5, 5.41) is 0.725. The molecule has 0 bridgehead atoms. The number of nitrogens with one attached hydrogen (secondary N) is 2. The number of hydrogen-bond acceptors (Lipinski definition) is 6. The maximum atomic E-state index is 13.2. The van der Waals surface area contributed by atoms with Gasteiger partial charge in [-0.25, -0.2) is 18.9 Å². The first-order valence-corrected chi connectivity index (χ1v) is 10.8. The van der Waals surface area contributed by atoms with Crippen LogP contribution in [0.1, 0.15) is 15.9 Å². The fourth-order valence-electron chi connectivity index (χ4n) is 3.07. The van der Waals surface area contributed by atoms with Crippen LogP contribution >= 0.6 is 11.8 Å². The number of aromatic nitrogens is 3. The zero-order valence-corrected chi connectivity index (χ0v) is 18.2. The molecule has 2 aromatic heterocycles. The van der Waals surface area contributed by atoms with Gasteiger partial charge in [0.15, 0.2) is 5.16 Å². The number of thioether (sulfide) groups is 1. The van der Waals surface area contributed by atoms with Crippen molar-refractivity contribution in [3.05, 3.63) is 94.2 Å². The fourth-order valence-corrected chi connectivity index (χ4v) is 3.87. The molecule has 2 aromatic carbocycles. The molecular weight excluding hydrogens is 445 g/mol. The van der Waals surface area contributed by atoms with Gasteiger partial charge in [-0.3, -0.25) is 25.2 Å². The van der Waals surface area contributed by atoms with Gasteiger partial charge in [0.05, 0.1) is 16.7 Å². The predicted octanol–water partition coefficient (Wildman–Crippen LogP) is 2.78. The van der Waals surface area contributed by atoms with Crippen molar-refractivity contribution in [2.75, 3.05) is 5.75 Å². The minimum absolute atomic E-state index is 0.125. The van der Waals surface area contributed by atoms with E-state index in [2.05, 4.69) is 20.8 Å². The summed E-state index contributed by atoms with van der Waals surface area (Å²) in [6.45, 7) is 1.83. The van der Waals surface area contributed by atoms with E-state index in [4.69, 9.17) is 0 Å². The lowest BCUT2D eigenvalue weighted by Crippen LogP contribution is -2.42. The van der Waals surface area contributed by atoms with E-state index in [0.29, 0.717) is 21.9 Å². The van der Waals surface area contributed by atoms with Crippen LogP contribution in [0.15, 0.2) is 76.8 Å². The smallest absolute Gasteiger partial charge is 0.269 e. The molecule has 0 saturated heterocycles. The van der Waals surface area contributed by atoms with E-state index in [0.717, 1.165) is 29.5 Å². The van der Waals surface area contributed by atoms with E-state index in [1.165, 1.54) is 16.7 Å². The minimum Gasteiger partial charge on any atom is -0.272 e. The molecule has 166 valence electrons. The van der Waals surface area contributed by atoms with Crippen LogP contribution in [0.4, 0.5) is 4.39 Å². The van der Waals surface area contributed by atoms with Gasteiger partial charge in [0.1, 0.15) is 11.6 Å². The summed E-state index contributed by atoms with van der Waals surface area (Å²) in [6.07, 6.45) is 1.58. The third-order valence-electron chi connectivity index (χ3n) is 4.69. The second kappa shape index (κ2) is 9.61. The zero-order valence-electron chi connectivity index (χ0n) is 17.4. The quantitative estimate of drug-likeness (QED) is 0.268. The van der Waals surface area contributed by atoms with Gasteiger partial charge >= 0.3 is 0 Å². The highest BCUT2D eigenvalue weighted by Gasteiger charge is 2.17. The lowest BCUT2D eigenvalue weighted by molar-refractivity contribution is -0.119. The number of fused-ring (bicyclic) bond motifs is 1. The standard InChI is InChI=1S/C23H18FN5O3S/c1-14-5-4-12-25-20(14)29-22(32)17-6-2-3-7-18(17)26-23(29)33-13-19(30)27-28-21(31)15-8-10-16(24)11-9-15/h2-12H,13H2,1H3,(H,27,30)(H,28,31). The number of nitrogens with zero attached hydrogens (tertiary/aromatic N) is 3. The molecule has 4 aromatic rings. The van der Waals surface area contributed by atoms with Crippen molar-refractivity contribution < 1.29 is 14.0 Å². The summed E-state index contributed by atoms with van der Waals surface area (Å²) in [5.74, 6) is -1.27. The van der Waals surface area contributed by atoms with Crippen LogP contribution in [0.25, 0.3) is 16.7 Å². The minimum atomic E-state index is -0.585. The van der Waals surface area contributed by atoms with Crippen molar-refractivity contribution in [3.8, 4) is 5.82 Å². The van der Waals surface area contributed by atoms with Gasteiger partial charge < -0.3 is 0 Å². The van der Waals surface area contributed by atoms with Crippen molar-refractivity contribution in [1.29, 1.82) is 0 Å².